The lowest BCUT2D eigenvalue weighted by molar-refractivity contribution is -0.114. The molecule has 94 valence electrons. The molecule has 18 heavy (non-hydrogen) atoms. The molecule has 0 aromatic carbocycles. The van der Waals surface area contributed by atoms with E-state index in [1.165, 1.54) is 36.8 Å². The Kier molecular flexibility index (Phi) is 2.36. The molecule has 0 bridgehead atoms. The Morgan fingerprint density at radius 3 is 2.94 bits per heavy atom. The van der Waals surface area contributed by atoms with Gasteiger partial charge in [-0.3, -0.25) is 4.79 Å². The van der Waals surface area contributed by atoms with Gasteiger partial charge in [0.1, 0.15) is 0 Å². The molecule has 0 radical (unpaired) electrons. The van der Waals surface area contributed by atoms with Crippen molar-refractivity contribution in [1.29, 1.82) is 0 Å². The Morgan fingerprint density at radius 2 is 2.00 bits per heavy atom. The fraction of sp³-hybridized carbons (Fsp3) is 0.588. The highest BCUT2D eigenvalue weighted by atomic mass is 16.1. The molecule has 0 unspecified atom stereocenters. The minimum absolute atomic E-state index is 0.339. The number of hydrogen-bond acceptors (Lipinski definition) is 1. The predicted octanol–water partition coefficient (Wildman–Crippen LogP) is 3.97. The summed E-state index contributed by atoms with van der Waals surface area (Å²) in [5, 5.41) is 0. The molecule has 4 aliphatic carbocycles. The van der Waals surface area contributed by atoms with Gasteiger partial charge in [0.05, 0.1) is 0 Å². The van der Waals surface area contributed by atoms with Gasteiger partial charge < -0.3 is 0 Å². The second-order valence-corrected chi connectivity index (χ2v) is 6.33. The van der Waals surface area contributed by atoms with Crippen LogP contribution in [0.4, 0.5) is 0 Å². The summed E-state index contributed by atoms with van der Waals surface area (Å²) in [5.41, 5.74) is 4.49. The summed E-state index contributed by atoms with van der Waals surface area (Å²) in [6, 6.07) is 0. The average molecular weight is 240 g/mol. The zero-order valence-electron chi connectivity index (χ0n) is 10.8. The van der Waals surface area contributed by atoms with Crippen LogP contribution in [0.25, 0.3) is 0 Å². The van der Waals surface area contributed by atoms with Crippen LogP contribution in [0.15, 0.2) is 34.9 Å². The Balaban J connectivity index is 1.80. The van der Waals surface area contributed by atoms with Gasteiger partial charge in [0.2, 0.25) is 0 Å². The molecule has 0 aliphatic heterocycles. The standard InChI is InChI=1S/C17H20O/c18-13-6-9-15-12(10-13)5-8-16-14-3-1-2-11(14)4-7-17(15)16/h4,7,10-11,14,16H,1-3,5-6,8-9H2/t11-,14+,16-/m0/s1. The lowest BCUT2D eigenvalue weighted by Gasteiger charge is -2.38. The van der Waals surface area contributed by atoms with Crippen LogP contribution in [0.3, 0.4) is 0 Å². The lowest BCUT2D eigenvalue weighted by atomic mass is 9.66. The molecule has 4 aliphatic rings. The molecule has 1 nitrogen and oxygen atoms in total. The third-order valence-corrected chi connectivity index (χ3v) is 5.48. The van der Waals surface area contributed by atoms with Crippen molar-refractivity contribution in [3.63, 3.8) is 0 Å². The number of allylic oxidation sites excluding steroid dienone is 6. The number of rotatable bonds is 0. The summed E-state index contributed by atoms with van der Waals surface area (Å²) in [6.45, 7) is 0. The van der Waals surface area contributed by atoms with Gasteiger partial charge >= 0.3 is 0 Å². The van der Waals surface area contributed by atoms with Crippen molar-refractivity contribution in [2.45, 2.75) is 44.9 Å². The van der Waals surface area contributed by atoms with Gasteiger partial charge in [-0.25, -0.2) is 0 Å². The van der Waals surface area contributed by atoms with E-state index in [4.69, 9.17) is 0 Å². The summed E-state index contributed by atoms with van der Waals surface area (Å²) in [6.07, 6.45) is 15.2. The van der Waals surface area contributed by atoms with Gasteiger partial charge in [-0.1, -0.05) is 18.6 Å². The second kappa shape index (κ2) is 3.94. The molecule has 0 aromatic rings. The first kappa shape index (κ1) is 10.8. The molecule has 0 heterocycles. The van der Waals surface area contributed by atoms with E-state index in [1.807, 2.05) is 6.08 Å². The summed E-state index contributed by atoms with van der Waals surface area (Å²) >= 11 is 0. The summed E-state index contributed by atoms with van der Waals surface area (Å²) in [4.78, 5) is 11.5. The zero-order chi connectivity index (χ0) is 12.1. The first-order chi connectivity index (χ1) is 8.83. The maximum Gasteiger partial charge on any atom is 0.156 e. The third kappa shape index (κ3) is 1.49. The third-order valence-electron chi connectivity index (χ3n) is 5.48. The predicted molar refractivity (Wildman–Crippen MR) is 72.0 cm³/mol. The molecule has 0 saturated heterocycles. The maximum absolute atomic E-state index is 11.5. The van der Waals surface area contributed by atoms with E-state index in [0.717, 1.165) is 37.0 Å². The van der Waals surface area contributed by atoms with Crippen LogP contribution in [0.5, 0.6) is 0 Å². The summed E-state index contributed by atoms with van der Waals surface area (Å²) < 4.78 is 0. The minimum Gasteiger partial charge on any atom is -0.295 e. The van der Waals surface area contributed by atoms with Crippen molar-refractivity contribution in [2.75, 3.05) is 0 Å². The van der Waals surface area contributed by atoms with Gasteiger partial charge in [-0.2, -0.15) is 0 Å². The van der Waals surface area contributed by atoms with Gasteiger partial charge in [-0.05, 0) is 72.7 Å². The number of fused-ring (bicyclic) bond motifs is 4. The van der Waals surface area contributed by atoms with Crippen LogP contribution in [0.1, 0.15) is 44.9 Å². The van der Waals surface area contributed by atoms with Crippen molar-refractivity contribution in [3.8, 4) is 0 Å². The molecule has 0 amide bonds. The normalized spacial score (nSPS) is 38.1. The Labute approximate surface area is 109 Å². The minimum atomic E-state index is 0.339. The zero-order valence-corrected chi connectivity index (χ0v) is 10.8. The van der Waals surface area contributed by atoms with E-state index < -0.39 is 0 Å². The van der Waals surface area contributed by atoms with E-state index in [2.05, 4.69) is 12.2 Å². The van der Waals surface area contributed by atoms with Crippen LogP contribution < -0.4 is 0 Å². The van der Waals surface area contributed by atoms with E-state index in [9.17, 15) is 4.79 Å². The summed E-state index contributed by atoms with van der Waals surface area (Å²) in [7, 11) is 0. The molecular weight excluding hydrogens is 220 g/mol. The monoisotopic (exact) mass is 240 g/mol. The highest BCUT2D eigenvalue weighted by Gasteiger charge is 2.39. The molecule has 0 N–H and O–H groups in total. The molecule has 1 fully saturated rings. The molecule has 1 saturated carbocycles. The number of ketones is 1. The quantitative estimate of drug-likeness (QED) is 0.626. The largest absolute Gasteiger partial charge is 0.295 e. The molecule has 4 rings (SSSR count). The maximum atomic E-state index is 11.5. The fourth-order valence-corrected chi connectivity index (χ4v) is 4.66. The van der Waals surface area contributed by atoms with Crippen molar-refractivity contribution in [3.05, 3.63) is 34.9 Å². The second-order valence-electron chi connectivity index (χ2n) is 6.33. The van der Waals surface area contributed by atoms with Crippen molar-refractivity contribution >= 4 is 5.78 Å². The van der Waals surface area contributed by atoms with Gasteiger partial charge in [0.15, 0.2) is 5.78 Å². The van der Waals surface area contributed by atoms with Crippen molar-refractivity contribution < 1.29 is 4.79 Å². The van der Waals surface area contributed by atoms with E-state index in [0.29, 0.717) is 5.78 Å². The van der Waals surface area contributed by atoms with Crippen LogP contribution in [-0.2, 0) is 4.79 Å². The topological polar surface area (TPSA) is 17.1 Å². The molecule has 3 atom stereocenters. The van der Waals surface area contributed by atoms with Crippen molar-refractivity contribution in [2.24, 2.45) is 17.8 Å². The highest BCUT2D eigenvalue weighted by molar-refractivity contribution is 5.93. The first-order valence-corrected chi connectivity index (χ1v) is 7.48. The Morgan fingerprint density at radius 1 is 1.06 bits per heavy atom. The van der Waals surface area contributed by atoms with Crippen LogP contribution >= 0.6 is 0 Å². The van der Waals surface area contributed by atoms with E-state index >= 15 is 0 Å². The molecule has 1 heteroatoms. The SMILES string of the molecule is O=C1C=C2CC[C@@H]3C(=C2CC1)C=C[C@@H]1CCC[C@H]13. The smallest absolute Gasteiger partial charge is 0.156 e. The van der Waals surface area contributed by atoms with Crippen LogP contribution in [-0.4, -0.2) is 5.78 Å². The van der Waals surface area contributed by atoms with Gasteiger partial charge in [-0.15, -0.1) is 0 Å². The number of hydrogen-bond donors (Lipinski definition) is 0. The fourth-order valence-electron chi connectivity index (χ4n) is 4.66. The Hall–Kier alpha value is -1.11. The molecular formula is C17H20O. The summed E-state index contributed by atoms with van der Waals surface area (Å²) in [5.74, 6) is 2.92. The molecule has 0 aromatic heterocycles. The van der Waals surface area contributed by atoms with Crippen LogP contribution in [0, 0.1) is 17.8 Å². The van der Waals surface area contributed by atoms with Gasteiger partial charge in [0, 0.05) is 6.42 Å². The van der Waals surface area contributed by atoms with Crippen LogP contribution in [0.2, 0.25) is 0 Å². The van der Waals surface area contributed by atoms with Crippen molar-refractivity contribution in [1.82, 2.24) is 0 Å². The number of carbonyl (C=O) groups excluding carboxylic acids is 1. The van der Waals surface area contributed by atoms with E-state index in [1.54, 1.807) is 5.57 Å². The molecule has 0 spiro atoms. The average Bonchev–Trinajstić information content (AvgIpc) is 2.86. The Bertz CT molecular complexity index is 492. The number of carbonyl (C=O) groups is 1. The van der Waals surface area contributed by atoms with Gasteiger partial charge in [0.25, 0.3) is 0 Å². The highest BCUT2D eigenvalue weighted by Crippen LogP contribution is 2.51. The first-order valence-electron chi connectivity index (χ1n) is 7.48. The van der Waals surface area contributed by atoms with E-state index in [-0.39, 0.29) is 0 Å². The lowest BCUT2D eigenvalue weighted by Crippen LogP contribution is -2.28.